The zero-order chi connectivity index (χ0) is 20.7. The summed E-state index contributed by atoms with van der Waals surface area (Å²) >= 11 is 0. The van der Waals surface area contributed by atoms with Crippen molar-refractivity contribution in [2.75, 3.05) is 7.11 Å². The third-order valence-corrected chi connectivity index (χ3v) is 4.03. The summed E-state index contributed by atoms with van der Waals surface area (Å²) in [6.45, 7) is 3.13. The molecule has 1 aliphatic rings. The van der Waals surface area contributed by atoms with Crippen LogP contribution in [0.5, 0.6) is 0 Å². The molecule has 1 heterocycles. The second-order valence-electron chi connectivity index (χ2n) is 6.35. The Morgan fingerprint density at radius 1 is 1.11 bits per heavy atom. The first-order valence-electron chi connectivity index (χ1n) is 8.67. The van der Waals surface area contributed by atoms with Gasteiger partial charge >= 0.3 is 6.18 Å². The molecule has 0 radical (unpaired) electrons. The molecule has 2 unspecified atom stereocenters. The van der Waals surface area contributed by atoms with Crippen LogP contribution in [0.2, 0.25) is 0 Å². The van der Waals surface area contributed by atoms with Crippen LogP contribution >= 0.6 is 0 Å². The Balaban J connectivity index is 2.59. The summed E-state index contributed by atoms with van der Waals surface area (Å²) in [6.07, 6.45) is 0.106. The minimum Gasteiger partial charge on any atom is -0.505 e. The van der Waals surface area contributed by atoms with E-state index in [1.54, 1.807) is 25.2 Å². The van der Waals surface area contributed by atoms with E-state index in [1.807, 2.05) is 30.3 Å². The first kappa shape index (κ1) is 21.6. The van der Waals surface area contributed by atoms with Crippen molar-refractivity contribution in [2.24, 2.45) is 0 Å². The van der Waals surface area contributed by atoms with Gasteiger partial charge in [-0.15, -0.1) is 0 Å². The predicted molar refractivity (Wildman–Crippen MR) is 103 cm³/mol. The van der Waals surface area contributed by atoms with Gasteiger partial charge < -0.3 is 14.6 Å². The molecule has 3 nitrogen and oxygen atoms in total. The topological polar surface area (TPSA) is 38.7 Å². The molecule has 150 valence electrons. The summed E-state index contributed by atoms with van der Waals surface area (Å²) in [5.74, 6) is 0.0826. The van der Waals surface area contributed by atoms with Crippen molar-refractivity contribution < 1.29 is 27.8 Å². The van der Waals surface area contributed by atoms with Crippen LogP contribution in [0.25, 0.3) is 5.57 Å². The van der Waals surface area contributed by atoms with Crippen molar-refractivity contribution in [3.8, 4) is 0 Å². The van der Waals surface area contributed by atoms with E-state index < -0.39 is 18.4 Å². The van der Waals surface area contributed by atoms with Gasteiger partial charge in [-0.2, -0.15) is 13.2 Å². The SMILES string of the molecule is COC=CC(O)/C1=C/C(C)=C/C=C(c2ccccc2)\C=C(/C)OC1C(F)(F)F. The summed E-state index contributed by atoms with van der Waals surface area (Å²) in [5.41, 5.74) is 1.79. The van der Waals surface area contributed by atoms with Crippen LogP contribution in [0.1, 0.15) is 19.4 Å². The van der Waals surface area contributed by atoms with E-state index in [1.165, 1.54) is 20.1 Å². The fraction of sp³-hybridized carbons (Fsp3) is 0.273. The summed E-state index contributed by atoms with van der Waals surface area (Å²) in [7, 11) is 1.34. The second kappa shape index (κ2) is 9.46. The average molecular weight is 392 g/mol. The van der Waals surface area contributed by atoms with Crippen molar-refractivity contribution in [2.45, 2.75) is 32.2 Å². The van der Waals surface area contributed by atoms with Gasteiger partial charge in [-0.05, 0) is 37.1 Å². The number of aliphatic hydroxyl groups is 1. The third kappa shape index (κ3) is 5.89. The van der Waals surface area contributed by atoms with E-state index >= 15 is 0 Å². The molecule has 0 aromatic heterocycles. The molecule has 0 saturated carbocycles. The molecule has 2 atom stereocenters. The molecule has 1 aromatic carbocycles. The molecule has 0 fully saturated rings. The van der Waals surface area contributed by atoms with Gasteiger partial charge in [-0.25, -0.2) is 0 Å². The summed E-state index contributed by atoms with van der Waals surface area (Å²) in [5, 5.41) is 10.3. The quantitative estimate of drug-likeness (QED) is 0.704. The van der Waals surface area contributed by atoms with Crippen LogP contribution < -0.4 is 0 Å². The fourth-order valence-corrected chi connectivity index (χ4v) is 2.73. The van der Waals surface area contributed by atoms with Crippen LogP contribution in [-0.2, 0) is 9.47 Å². The molecule has 2 rings (SSSR count). The largest absolute Gasteiger partial charge is 0.505 e. The Hall–Kier alpha value is -2.73. The standard InChI is InChI=1S/C22H23F3O3/c1-15-9-10-18(17-7-5-4-6-8-17)14-16(2)28-21(22(23,24)25)19(13-15)20(26)11-12-27-3/h4-14,20-21,26H,1-3H3/b12-11?,15-9+,16-14+,18-10+,19-13-. The molecule has 1 aromatic rings. The van der Waals surface area contributed by atoms with Gasteiger partial charge in [-0.3, -0.25) is 0 Å². The smallest absolute Gasteiger partial charge is 0.429 e. The zero-order valence-corrected chi connectivity index (χ0v) is 15.9. The first-order valence-corrected chi connectivity index (χ1v) is 8.67. The summed E-state index contributed by atoms with van der Waals surface area (Å²) in [6, 6.07) is 9.30. The highest BCUT2D eigenvalue weighted by Gasteiger charge is 2.46. The molecule has 0 bridgehead atoms. The van der Waals surface area contributed by atoms with Crippen molar-refractivity contribution >= 4 is 5.57 Å². The van der Waals surface area contributed by atoms with Crippen LogP contribution in [-0.4, -0.2) is 30.6 Å². The number of halogens is 3. The molecular formula is C22H23F3O3. The van der Waals surface area contributed by atoms with Gasteiger partial charge in [0.15, 0.2) is 0 Å². The highest BCUT2D eigenvalue weighted by molar-refractivity contribution is 5.75. The number of aliphatic hydroxyl groups excluding tert-OH is 1. The highest BCUT2D eigenvalue weighted by atomic mass is 19.4. The number of benzene rings is 1. The maximum absolute atomic E-state index is 13.7. The normalized spacial score (nSPS) is 27.2. The van der Waals surface area contributed by atoms with E-state index in [2.05, 4.69) is 0 Å². The van der Waals surface area contributed by atoms with E-state index in [9.17, 15) is 18.3 Å². The lowest BCUT2D eigenvalue weighted by atomic mass is 9.98. The summed E-state index contributed by atoms with van der Waals surface area (Å²) < 4.78 is 51.2. The monoisotopic (exact) mass is 392 g/mol. The van der Waals surface area contributed by atoms with Crippen molar-refractivity contribution in [1.29, 1.82) is 0 Å². The van der Waals surface area contributed by atoms with E-state index in [0.29, 0.717) is 5.57 Å². The van der Waals surface area contributed by atoms with Crippen LogP contribution in [0.15, 0.2) is 83.9 Å². The zero-order valence-electron chi connectivity index (χ0n) is 15.9. The molecule has 0 aliphatic carbocycles. The third-order valence-electron chi connectivity index (χ3n) is 4.03. The van der Waals surface area contributed by atoms with Crippen molar-refractivity contribution in [3.63, 3.8) is 0 Å². The molecule has 6 heteroatoms. The molecular weight excluding hydrogens is 369 g/mol. The maximum atomic E-state index is 13.7. The van der Waals surface area contributed by atoms with E-state index in [-0.39, 0.29) is 11.3 Å². The molecule has 1 aliphatic heterocycles. The van der Waals surface area contributed by atoms with Crippen LogP contribution in [0.4, 0.5) is 13.2 Å². The lowest BCUT2D eigenvalue weighted by Gasteiger charge is -2.27. The molecule has 0 spiro atoms. The number of hydrogen-bond acceptors (Lipinski definition) is 3. The molecule has 0 amide bonds. The summed E-state index contributed by atoms with van der Waals surface area (Å²) in [4.78, 5) is 0. The van der Waals surface area contributed by atoms with Crippen molar-refractivity contribution in [3.05, 3.63) is 89.4 Å². The van der Waals surface area contributed by atoms with Gasteiger partial charge in [-0.1, -0.05) is 54.1 Å². The van der Waals surface area contributed by atoms with Crippen molar-refractivity contribution in [1.82, 2.24) is 0 Å². The number of rotatable bonds is 4. The molecule has 28 heavy (non-hydrogen) atoms. The lowest BCUT2D eigenvalue weighted by Crippen LogP contribution is -2.37. The van der Waals surface area contributed by atoms with E-state index in [0.717, 1.165) is 23.5 Å². The van der Waals surface area contributed by atoms with Gasteiger partial charge in [0.2, 0.25) is 6.10 Å². The number of allylic oxidation sites excluding steroid dienone is 7. The minimum atomic E-state index is -4.71. The van der Waals surface area contributed by atoms with Crippen LogP contribution in [0.3, 0.4) is 0 Å². The molecule has 0 saturated heterocycles. The van der Waals surface area contributed by atoms with Gasteiger partial charge in [0, 0.05) is 5.57 Å². The Kier molecular flexibility index (Phi) is 7.29. The van der Waals surface area contributed by atoms with Gasteiger partial charge in [0.25, 0.3) is 0 Å². The number of hydrogen-bond donors (Lipinski definition) is 1. The minimum absolute atomic E-state index is 0.0826. The number of ether oxygens (including phenoxy) is 2. The van der Waals surface area contributed by atoms with E-state index in [4.69, 9.17) is 9.47 Å². The predicted octanol–water partition coefficient (Wildman–Crippen LogP) is 5.33. The highest BCUT2D eigenvalue weighted by Crippen LogP contribution is 2.34. The first-order chi connectivity index (χ1) is 13.2. The van der Waals surface area contributed by atoms with Gasteiger partial charge in [0.1, 0.15) is 6.10 Å². The Morgan fingerprint density at radius 3 is 2.39 bits per heavy atom. The lowest BCUT2D eigenvalue weighted by molar-refractivity contribution is -0.199. The Morgan fingerprint density at radius 2 is 1.79 bits per heavy atom. The number of methoxy groups -OCH3 is 1. The second-order valence-corrected chi connectivity index (χ2v) is 6.35. The maximum Gasteiger partial charge on any atom is 0.429 e. The fourth-order valence-electron chi connectivity index (χ4n) is 2.73. The number of alkyl halides is 3. The molecule has 1 N–H and O–H groups in total. The van der Waals surface area contributed by atoms with Crippen LogP contribution in [0, 0.1) is 0 Å². The Bertz CT molecular complexity index is 815. The average Bonchev–Trinajstić information content (AvgIpc) is 2.65. The van der Waals surface area contributed by atoms with Gasteiger partial charge in [0.05, 0.1) is 19.1 Å². The Labute approximate surface area is 162 Å².